The first-order chi connectivity index (χ1) is 13.5. The van der Waals surface area contributed by atoms with Crippen LogP contribution in [0.2, 0.25) is 0 Å². The van der Waals surface area contributed by atoms with Crippen molar-refractivity contribution >= 4 is 28.8 Å². The zero-order valence-electron chi connectivity index (χ0n) is 15.7. The summed E-state index contributed by atoms with van der Waals surface area (Å²) in [6.07, 6.45) is 0.159. The van der Waals surface area contributed by atoms with E-state index in [1.807, 2.05) is 35.7 Å². The van der Waals surface area contributed by atoms with Gasteiger partial charge in [-0.2, -0.15) is 0 Å². The molecular formula is C21H21N3O3S. The van der Waals surface area contributed by atoms with E-state index in [0.29, 0.717) is 17.1 Å². The highest BCUT2D eigenvalue weighted by molar-refractivity contribution is 7.13. The number of likely N-dealkylation sites (N-methyl/N-ethyl adjacent to an activating group) is 1. The highest BCUT2D eigenvalue weighted by Crippen LogP contribution is 2.23. The van der Waals surface area contributed by atoms with Gasteiger partial charge in [0.25, 0.3) is 0 Å². The van der Waals surface area contributed by atoms with Gasteiger partial charge in [0.05, 0.1) is 25.8 Å². The number of methoxy groups -OCH3 is 1. The van der Waals surface area contributed by atoms with Crippen LogP contribution in [0.3, 0.4) is 0 Å². The predicted octanol–water partition coefficient (Wildman–Crippen LogP) is 3.46. The van der Waals surface area contributed by atoms with Gasteiger partial charge in [0.2, 0.25) is 11.8 Å². The van der Waals surface area contributed by atoms with Gasteiger partial charge in [0, 0.05) is 29.7 Å². The fourth-order valence-corrected chi connectivity index (χ4v) is 3.42. The fourth-order valence-electron chi connectivity index (χ4n) is 2.60. The maximum atomic E-state index is 12.4. The molecular weight excluding hydrogens is 374 g/mol. The maximum absolute atomic E-state index is 12.4. The Balaban J connectivity index is 1.54. The van der Waals surface area contributed by atoms with E-state index in [1.165, 1.54) is 16.2 Å². The van der Waals surface area contributed by atoms with Gasteiger partial charge in [-0.15, -0.1) is 11.3 Å². The molecule has 3 aromatic rings. The number of hydrogen-bond acceptors (Lipinski definition) is 5. The largest absolute Gasteiger partial charge is 0.497 e. The van der Waals surface area contributed by atoms with Crippen LogP contribution in [0.5, 0.6) is 5.75 Å². The van der Waals surface area contributed by atoms with Crippen molar-refractivity contribution in [3.05, 3.63) is 65.7 Å². The van der Waals surface area contributed by atoms with E-state index in [2.05, 4.69) is 10.3 Å². The number of hydrogen-bond donors (Lipinski definition) is 1. The number of nitrogens with zero attached hydrogens (tertiary/aromatic N) is 2. The predicted molar refractivity (Wildman–Crippen MR) is 111 cm³/mol. The van der Waals surface area contributed by atoms with Crippen molar-refractivity contribution in [1.82, 2.24) is 9.88 Å². The molecule has 144 valence electrons. The van der Waals surface area contributed by atoms with E-state index in [4.69, 9.17) is 4.74 Å². The van der Waals surface area contributed by atoms with Crippen molar-refractivity contribution in [2.75, 3.05) is 26.0 Å². The van der Waals surface area contributed by atoms with Crippen LogP contribution >= 0.6 is 11.3 Å². The van der Waals surface area contributed by atoms with Gasteiger partial charge in [-0.3, -0.25) is 9.59 Å². The molecule has 0 unspecified atom stereocenters. The minimum Gasteiger partial charge on any atom is -0.497 e. The summed E-state index contributed by atoms with van der Waals surface area (Å²) in [7, 11) is 3.17. The van der Waals surface area contributed by atoms with Crippen LogP contribution in [-0.4, -0.2) is 42.4 Å². The molecule has 1 aromatic heterocycles. The van der Waals surface area contributed by atoms with Crippen LogP contribution in [0.4, 0.5) is 5.69 Å². The number of carbonyl (C=O) groups excluding carboxylic acids is 2. The number of aromatic nitrogens is 1. The minimum absolute atomic E-state index is 0.0360. The van der Waals surface area contributed by atoms with E-state index >= 15 is 0 Å². The molecule has 0 aliphatic rings. The number of rotatable bonds is 7. The summed E-state index contributed by atoms with van der Waals surface area (Å²) in [5.41, 5.74) is 2.35. The molecule has 7 heteroatoms. The number of amides is 2. The molecule has 1 N–H and O–H groups in total. The number of nitrogens with one attached hydrogen (secondary N) is 1. The van der Waals surface area contributed by atoms with Gasteiger partial charge >= 0.3 is 0 Å². The zero-order valence-corrected chi connectivity index (χ0v) is 16.5. The highest BCUT2D eigenvalue weighted by atomic mass is 32.1. The number of anilines is 1. The highest BCUT2D eigenvalue weighted by Gasteiger charge is 2.16. The molecule has 6 nitrogen and oxygen atoms in total. The Morgan fingerprint density at radius 2 is 1.93 bits per heavy atom. The molecule has 2 aromatic carbocycles. The molecule has 0 bridgehead atoms. The SMILES string of the molecule is COc1cccc(NC(=O)CN(C)C(=O)Cc2csc(-c3ccccc3)n2)c1. The van der Waals surface area contributed by atoms with Gasteiger partial charge < -0.3 is 15.0 Å². The van der Waals surface area contributed by atoms with E-state index < -0.39 is 0 Å². The summed E-state index contributed by atoms with van der Waals surface area (Å²) < 4.78 is 5.13. The quantitative estimate of drug-likeness (QED) is 0.665. The summed E-state index contributed by atoms with van der Waals surface area (Å²) in [4.78, 5) is 30.6. The van der Waals surface area contributed by atoms with E-state index in [0.717, 1.165) is 10.6 Å². The second kappa shape index (κ2) is 9.14. The van der Waals surface area contributed by atoms with E-state index in [1.54, 1.807) is 38.4 Å². The Morgan fingerprint density at radius 1 is 1.14 bits per heavy atom. The van der Waals surface area contributed by atoms with Gasteiger partial charge in [-0.1, -0.05) is 36.4 Å². The van der Waals surface area contributed by atoms with Gasteiger partial charge in [0.1, 0.15) is 10.8 Å². The average molecular weight is 395 g/mol. The molecule has 0 spiro atoms. The van der Waals surface area contributed by atoms with Crippen molar-refractivity contribution in [3.8, 4) is 16.3 Å². The molecule has 0 saturated carbocycles. The van der Waals surface area contributed by atoms with Crippen LogP contribution in [-0.2, 0) is 16.0 Å². The van der Waals surface area contributed by atoms with Crippen molar-refractivity contribution in [3.63, 3.8) is 0 Å². The Kier molecular flexibility index (Phi) is 6.39. The Bertz CT molecular complexity index is 956. The number of thiazole rings is 1. The van der Waals surface area contributed by atoms with Crippen molar-refractivity contribution in [2.24, 2.45) is 0 Å². The summed E-state index contributed by atoms with van der Waals surface area (Å²) in [5, 5.41) is 5.52. The van der Waals surface area contributed by atoms with Crippen LogP contribution in [0, 0.1) is 0 Å². The monoisotopic (exact) mass is 395 g/mol. The number of benzene rings is 2. The summed E-state index contributed by atoms with van der Waals surface area (Å²) >= 11 is 1.50. The van der Waals surface area contributed by atoms with Crippen LogP contribution < -0.4 is 10.1 Å². The van der Waals surface area contributed by atoms with Gasteiger partial charge in [0.15, 0.2) is 0 Å². The molecule has 0 radical (unpaired) electrons. The fraction of sp³-hybridized carbons (Fsp3) is 0.190. The first-order valence-corrected chi connectivity index (χ1v) is 9.61. The molecule has 0 saturated heterocycles. The Morgan fingerprint density at radius 3 is 2.68 bits per heavy atom. The van der Waals surface area contributed by atoms with Crippen LogP contribution in [0.1, 0.15) is 5.69 Å². The third-order valence-electron chi connectivity index (χ3n) is 4.06. The third-order valence-corrected chi connectivity index (χ3v) is 5.01. The minimum atomic E-state index is -0.271. The average Bonchev–Trinajstić information content (AvgIpc) is 3.17. The third kappa shape index (κ3) is 5.17. The first kappa shape index (κ1) is 19.6. The standard InChI is InChI=1S/C21H21N3O3S/c1-24(13-19(25)22-16-9-6-10-18(11-16)27-2)20(26)12-17-14-28-21(23-17)15-7-4-3-5-8-15/h3-11,14H,12-13H2,1-2H3,(H,22,25). The molecule has 2 amide bonds. The molecule has 0 aliphatic heterocycles. The second-order valence-corrected chi connectivity index (χ2v) is 7.07. The lowest BCUT2D eigenvalue weighted by molar-refractivity contribution is -0.132. The molecule has 0 aliphatic carbocycles. The molecule has 0 fully saturated rings. The van der Waals surface area contributed by atoms with Gasteiger partial charge in [-0.05, 0) is 12.1 Å². The Labute approximate surface area is 167 Å². The zero-order chi connectivity index (χ0) is 19.9. The lowest BCUT2D eigenvalue weighted by Gasteiger charge is -2.16. The summed E-state index contributed by atoms with van der Waals surface area (Å²) in [5.74, 6) is 0.220. The smallest absolute Gasteiger partial charge is 0.243 e. The Hall–Kier alpha value is -3.19. The van der Waals surface area contributed by atoms with E-state index in [9.17, 15) is 9.59 Å². The number of ether oxygens (including phenoxy) is 1. The normalized spacial score (nSPS) is 10.4. The van der Waals surface area contributed by atoms with Gasteiger partial charge in [-0.25, -0.2) is 4.98 Å². The number of carbonyl (C=O) groups is 2. The van der Waals surface area contributed by atoms with Crippen molar-refractivity contribution < 1.29 is 14.3 Å². The summed E-state index contributed by atoms with van der Waals surface area (Å²) in [6.45, 7) is -0.0360. The van der Waals surface area contributed by atoms with Crippen LogP contribution in [0.15, 0.2) is 60.0 Å². The molecule has 0 atom stereocenters. The first-order valence-electron chi connectivity index (χ1n) is 8.73. The second-order valence-electron chi connectivity index (χ2n) is 6.22. The van der Waals surface area contributed by atoms with Crippen molar-refractivity contribution in [2.45, 2.75) is 6.42 Å². The lowest BCUT2D eigenvalue weighted by Crippen LogP contribution is -2.35. The molecule has 1 heterocycles. The van der Waals surface area contributed by atoms with Crippen molar-refractivity contribution in [1.29, 1.82) is 0 Å². The topological polar surface area (TPSA) is 71.5 Å². The maximum Gasteiger partial charge on any atom is 0.243 e. The van der Waals surface area contributed by atoms with Crippen LogP contribution in [0.25, 0.3) is 10.6 Å². The molecule has 28 heavy (non-hydrogen) atoms. The van der Waals surface area contributed by atoms with E-state index in [-0.39, 0.29) is 24.8 Å². The summed E-state index contributed by atoms with van der Waals surface area (Å²) in [6, 6.07) is 16.9. The molecule has 3 rings (SSSR count). The lowest BCUT2D eigenvalue weighted by atomic mass is 10.2.